The summed E-state index contributed by atoms with van der Waals surface area (Å²) in [5, 5.41) is 2.93. The standard InChI is InChI=1S/C18H25N3O3/c1-24-16-8-11-21(13-16)18(23)19-12-14-4-6-15(7-5-14)17(22)20-9-2-3-10-20/h4-7,16H,2-3,8-13H2,1H3,(H,19,23)/t16-/m0/s1. The molecule has 0 spiro atoms. The molecule has 1 atom stereocenters. The summed E-state index contributed by atoms with van der Waals surface area (Å²) in [6, 6.07) is 7.45. The van der Waals surface area contributed by atoms with Gasteiger partial charge in [-0.3, -0.25) is 4.79 Å². The molecule has 2 aliphatic heterocycles. The van der Waals surface area contributed by atoms with E-state index in [1.165, 1.54) is 0 Å². The number of likely N-dealkylation sites (tertiary alicyclic amines) is 2. The molecule has 0 unspecified atom stereocenters. The summed E-state index contributed by atoms with van der Waals surface area (Å²) in [5.74, 6) is 0.103. The first-order valence-corrected chi connectivity index (χ1v) is 8.61. The first-order chi connectivity index (χ1) is 11.7. The summed E-state index contributed by atoms with van der Waals surface area (Å²) in [6.45, 7) is 3.55. The number of rotatable bonds is 4. The van der Waals surface area contributed by atoms with E-state index in [4.69, 9.17) is 4.74 Å². The zero-order valence-corrected chi connectivity index (χ0v) is 14.2. The van der Waals surface area contributed by atoms with Crippen LogP contribution in [0.1, 0.15) is 35.2 Å². The molecule has 2 heterocycles. The lowest BCUT2D eigenvalue weighted by Crippen LogP contribution is -2.38. The van der Waals surface area contributed by atoms with Gasteiger partial charge < -0.3 is 19.9 Å². The number of hydrogen-bond donors (Lipinski definition) is 1. The summed E-state index contributed by atoms with van der Waals surface area (Å²) in [6.07, 6.45) is 3.22. The average molecular weight is 331 g/mol. The van der Waals surface area contributed by atoms with Crippen LogP contribution in [0.3, 0.4) is 0 Å². The van der Waals surface area contributed by atoms with Crippen molar-refractivity contribution in [2.45, 2.75) is 31.9 Å². The quantitative estimate of drug-likeness (QED) is 0.916. The second-order valence-corrected chi connectivity index (χ2v) is 6.45. The molecule has 0 saturated carbocycles. The minimum atomic E-state index is -0.0632. The van der Waals surface area contributed by atoms with Crippen molar-refractivity contribution >= 4 is 11.9 Å². The van der Waals surface area contributed by atoms with E-state index < -0.39 is 0 Å². The molecular formula is C18H25N3O3. The molecule has 2 saturated heterocycles. The monoisotopic (exact) mass is 331 g/mol. The van der Waals surface area contributed by atoms with E-state index in [1.54, 1.807) is 12.0 Å². The zero-order chi connectivity index (χ0) is 16.9. The molecule has 2 fully saturated rings. The lowest BCUT2D eigenvalue weighted by Gasteiger charge is -2.17. The Kier molecular flexibility index (Phi) is 5.35. The molecule has 0 aliphatic carbocycles. The Morgan fingerprint density at radius 3 is 2.46 bits per heavy atom. The smallest absolute Gasteiger partial charge is 0.317 e. The first kappa shape index (κ1) is 16.8. The van der Waals surface area contributed by atoms with Crippen LogP contribution in [-0.2, 0) is 11.3 Å². The number of carbonyl (C=O) groups excluding carboxylic acids is 2. The number of methoxy groups -OCH3 is 1. The molecule has 24 heavy (non-hydrogen) atoms. The van der Waals surface area contributed by atoms with Crippen LogP contribution < -0.4 is 5.32 Å². The van der Waals surface area contributed by atoms with Gasteiger partial charge in [-0.1, -0.05) is 12.1 Å². The predicted octanol–water partition coefficient (Wildman–Crippen LogP) is 1.85. The number of nitrogens with one attached hydrogen (secondary N) is 1. The Morgan fingerprint density at radius 1 is 1.12 bits per heavy atom. The van der Waals surface area contributed by atoms with E-state index in [9.17, 15) is 9.59 Å². The fraction of sp³-hybridized carbons (Fsp3) is 0.556. The summed E-state index contributed by atoms with van der Waals surface area (Å²) < 4.78 is 5.27. The van der Waals surface area contributed by atoms with E-state index >= 15 is 0 Å². The highest BCUT2D eigenvalue weighted by atomic mass is 16.5. The molecule has 0 aromatic heterocycles. The summed E-state index contributed by atoms with van der Waals surface area (Å²) in [5.41, 5.74) is 1.71. The van der Waals surface area contributed by atoms with Gasteiger partial charge in [0.05, 0.1) is 6.10 Å². The van der Waals surface area contributed by atoms with Gasteiger partial charge in [0.1, 0.15) is 0 Å². The van der Waals surface area contributed by atoms with Crippen molar-refractivity contribution in [2.75, 3.05) is 33.3 Å². The van der Waals surface area contributed by atoms with Gasteiger partial charge in [-0.25, -0.2) is 4.79 Å². The van der Waals surface area contributed by atoms with E-state index in [0.717, 1.165) is 50.0 Å². The van der Waals surface area contributed by atoms with Crippen LogP contribution in [0.4, 0.5) is 4.79 Å². The van der Waals surface area contributed by atoms with Crippen molar-refractivity contribution in [3.8, 4) is 0 Å². The van der Waals surface area contributed by atoms with Gasteiger partial charge in [-0.15, -0.1) is 0 Å². The molecular weight excluding hydrogens is 306 g/mol. The molecule has 3 rings (SSSR count). The van der Waals surface area contributed by atoms with E-state index in [1.807, 2.05) is 29.2 Å². The third kappa shape index (κ3) is 3.87. The summed E-state index contributed by atoms with van der Waals surface area (Å²) >= 11 is 0. The zero-order valence-electron chi connectivity index (χ0n) is 14.2. The maximum Gasteiger partial charge on any atom is 0.317 e. The van der Waals surface area contributed by atoms with Crippen LogP contribution in [0.5, 0.6) is 0 Å². The van der Waals surface area contributed by atoms with Crippen LogP contribution >= 0.6 is 0 Å². The highest BCUT2D eigenvalue weighted by molar-refractivity contribution is 5.94. The minimum Gasteiger partial charge on any atom is -0.380 e. The Morgan fingerprint density at radius 2 is 1.83 bits per heavy atom. The molecule has 6 heteroatoms. The molecule has 1 aromatic rings. The highest BCUT2D eigenvalue weighted by Gasteiger charge is 2.25. The third-order valence-corrected chi connectivity index (χ3v) is 4.80. The molecule has 6 nitrogen and oxygen atoms in total. The van der Waals surface area contributed by atoms with Crippen LogP contribution in [-0.4, -0.2) is 61.1 Å². The molecule has 3 amide bonds. The van der Waals surface area contributed by atoms with E-state index in [0.29, 0.717) is 13.1 Å². The summed E-state index contributed by atoms with van der Waals surface area (Å²) in [4.78, 5) is 28.1. The highest BCUT2D eigenvalue weighted by Crippen LogP contribution is 2.14. The van der Waals surface area contributed by atoms with Gasteiger partial charge in [0.25, 0.3) is 5.91 Å². The molecule has 1 aromatic carbocycles. The molecule has 1 N–H and O–H groups in total. The van der Waals surface area contributed by atoms with Crippen molar-refractivity contribution in [2.24, 2.45) is 0 Å². The number of ether oxygens (including phenoxy) is 1. The Labute approximate surface area is 142 Å². The fourth-order valence-electron chi connectivity index (χ4n) is 3.26. The van der Waals surface area contributed by atoms with Crippen molar-refractivity contribution in [3.63, 3.8) is 0 Å². The lowest BCUT2D eigenvalue weighted by molar-refractivity contribution is 0.0793. The Bertz CT molecular complexity index is 582. The largest absolute Gasteiger partial charge is 0.380 e. The molecule has 0 radical (unpaired) electrons. The van der Waals surface area contributed by atoms with Crippen molar-refractivity contribution < 1.29 is 14.3 Å². The Hall–Kier alpha value is -2.08. The molecule has 0 bridgehead atoms. The maximum absolute atomic E-state index is 12.3. The normalized spacial score (nSPS) is 20.5. The first-order valence-electron chi connectivity index (χ1n) is 8.61. The number of nitrogens with zero attached hydrogens (tertiary/aromatic N) is 2. The van der Waals surface area contributed by atoms with Crippen molar-refractivity contribution in [3.05, 3.63) is 35.4 Å². The van der Waals surface area contributed by atoms with Gasteiger partial charge in [-0.05, 0) is 37.0 Å². The van der Waals surface area contributed by atoms with Crippen LogP contribution in [0.2, 0.25) is 0 Å². The summed E-state index contributed by atoms with van der Waals surface area (Å²) in [7, 11) is 1.68. The number of benzene rings is 1. The predicted molar refractivity (Wildman–Crippen MR) is 90.8 cm³/mol. The van der Waals surface area contributed by atoms with Gasteiger partial charge in [0.15, 0.2) is 0 Å². The second-order valence-electron chi connectivity index (χ2n) is 6.45. The maximum atomic E-state index is 12.3. The average Bonchev–Trinajstić information content (AvgIpc) is 3.30. The fourth-order valence-corrected chi connectivity index (χ4v) is 3.26. The lowest BCUT2D eigenvalue weighted by atomic mass is 10.1. The number of hydrogen-bond acceptors (Lipinski definition) is 3. The van der Waals surface area contributed by atoms with Crippen LogP contribution in [0, 0.1) is 0 Å². The number of urea groups is 1. The van der Waals surface area contributed by atoms with Gasteiger partial charge in [-0.2, -0.15) is 0 Å². The van der Waals surface area contributed by atoms with Gasteiger partial charge in [0.2, 0.25) is 0 Å². The number of amides is 3. The second kappa shape index (κ2) is 7.66. The van der Waals surface area contributed by atoms with Crippen LogP contribution in [0.15, 0.2) is 24.3 Å². The molecule has 130 valence electrons. The van der Waals surface area contributed by atoms with Crippen molar-refractivity contribution in [1.82, 2.24) is 15.1 Å². The van der Waals surface area contributed by atoms with Gasteiger partial charge >= 0.3 is 6.03 Å². The number of carbonyl (C=O) groups is 2. The van der Waals surface area contributed by atoms with E-state index in [-0.39, 0.29) is 18.0 Å². The topological polar surface area (TPSA) is 61.9 Å². The third-order valence-electron chi connectivity index (χ3n) is 4.80. The van der Waals surface area contributed by atoms with Crippen LogP contribution in [0.25, 0.3) is 0 Å². The minimum absolute atomic E-state index is 0.0632. The van der Waals surface area contributed by atoms with Crippen molar-refractivity contribution in [1.29, 1.82) is 0 Å². The SMILES string of the molecule is CO[C@H]1CCN(C(=O)NCc2ccc(C(=O)N3CCCC3)cc2)C1. The molecule has 2 aliphatic rings. The Balaban J connectivity index is 1.49. The van der Waals surface area contributed by atoms with Gasteiger partial charge in [0, 0.05) is 45.4 Å². The van der Waals surface area contributed by atoms with E-state index in [2.05, 4.69) is 5.32 Å².